The van der Waals surface area contributed by atoms with Crippen molar-refractivity contribution in [2.75, 3.05) is 18.8 Å². The van der Waals surface area contributed by atoms with Crippen LogP contribution in [0, 0.1) is 0 Å². The van der Waals surface area contributed by atoms with Gasteiger partial charge in [0.25, 0.3) is 0 Å². The molecule has 1 atom stereocenters. The molecule has 2 heterocycles. The third kappa shape index (κ3) is 4.10. The first-order valence-corrected chi connectivity index (χ1v) is 10.3. The maximum absolute atomic E-state index is 13.2. The van der Waals surface area contributed by atoms with E-state index in [0.717, 1.165) is 49.1 Å². The molecule has 0 spiro atoms. The number of hydrogen-bond acceptors (Lipinski definition) is 4. The summed E-state index contributed by atoms with van der Waals surface area (Å²) in [6.45, 7) is 2.05. The van der Waals surface area contributed by atoms with Crippen LogP contribution in [0.4, 0.5) is 13.2 Å². The van der Waals surface area contributed by atoms with Crippen LogP contribution in [0.25, 0.3) is 0 Å². The Morgan fingerprint density at radius 3 is 2.64 bits per heavy atom. The van der Waals surface area contributed by atoms with Gasteiger partial charge < -0.3 is 9.64 Å². The number of alkyl halides is 3. The number of piperidine rings is 1. The monoisotopic (exact) mass is 426 g/mol. The highest BCUT2D eigenvalue weighted by Gasteiger charge is 2.35. The van der Waals surface area contributed by atoms with Crippen LogP contribution in [0.3, 0.4) is 0 Å². The average molecular weight is 427 g/mol. The predicted octanol–water partition coefficient (Wildman–Crippen LogP) is 6.39. The highest BCUT2D eigenvalue weighted by molar-refractivity contribution is 7.98. The van der Waals surface area contributed by atoms with Crippen molar-refractivity contribution in [1.82, 2.24) is 4.90 Å². The van der Waals surface area contributed by atoms with Crippen molar-refractivity contribution in [2.45, 2.75) is 24.9 Å². The lowest BCUT2D eigenvalue weighted by Crippen LogP contribution is -2.42. The summed E-state index contributed by atoms with van der Waals surface area (Å²) in [6.07, 6.45) is -2.42. The quantitative estimate of drug-likeness (QED) is 0.531. The fraction of sp³-hybridized carbons (Fsp3) is 0.350. The molecular formula is C20H18ClF3N2OS. The number of nitrogens with zero attached hydrogens (tertiary/aromatic N) is 2. The van der Waals surface area contributed by atoms with Crippen LogP contribution >= 0.6 is 23.5 Å². The second-order valence-corrected chi connectivity index (χ2v) is 8.06. The molecule has 28 heavy (non-hydrogen) atoms. The van der Waals surface area contributed by atoms with Gasteiger partial charge >= 0.3 is 6.18 Å². The van der Waals surface area contributed by atoms with Gasteiger partial charge in [-0.2, -0.15) is 13.2 Å². The fourth-order valence-corrected chi connectivity index (χ4v) is 4.52. The number of rotatable bonds is 3. The van der Waals surface area contributed by atoms with Crippen molar-refractivity contribution >= 4 is 29.4 Å². The Bertz CT molecular complexity index is 886. The van der Waals surface area contributed by atoms with E-state index in [4.69, 9.17) is 16.3 Å². The zero-order chi connectivity index (χ0) is 19.7. The molecule has 2 aliphatic rings. The van der Waals surface area contributed by atoms with Crippen molar-refractivity contribution in [3.8, 4) is 11.5 Å². The Labute approximate surface area is 170 Å². The minimum atomic E-state index is -4.54. The molecule has 1 fully saturated rings. The number of halogens is 4. The molecule has 0 amide bonds. The summed E-state index contributed by atoms with van der Waals surface area (Å²) in [5.41, 5.74) is 0.214. The van der Waals surface area contributed by atoms with Crippen molar-refractivity contribution in [1.29, 1.82) is 0 Å². The molecule has 1 saturated heterocycles. The first-order valence-electron chi connectivity index (χ1n) is 9.01. The van der Waals surface area contributed by atoms with Gasteiger partial charge in [0.05, 0.1) is 5.56 Å². The average Bonchev–Trinajstić information content (AvgIpc) is 2.69. The van der Waals surface area contributed by atoms with Crippen molar-refractivity contribution in [3.05, 3.63) is 58.6 Å². The molecule has 0 aliphatic carbocycles. The van der Waals surface area contributed by atoms with E-state index in [1.54, 1.807) is 24.1 Å². The van der Waals surface area contributed by atoms with Crippen LogP contribution in [0.5, 0.6) is 11.5 Å². The number of hydrogen-bond donors (Lipinski definition) is 0. The Kier molecular flexibility index (Phi) is 5.47. The van der Waals surface area contributed by atoms with E-state index in [2.05, 4.69) is 9.30 Å². The Hall–Kier alpha value is -1.86. The second kappa shape index (κ2) is 7.87. The van der Waals surface area contributed by atoms with E-state index in [0.29, 0.717) is 5.75 Å². The normalized spacial score (nSPS) is 19.8. The summed E-state index contributed by atoms with van der Waals surface area (Å²) >= 11 is 7.31. The molecule has 2 aliphatic heterocycles. The van der Waals surface area contributed by atoms with Gasteiger partial charge in [-0.3, -0.25) is 0 Å². The predicted molar refractivity (Wildman–Crippen MR) is 106 cm³/mol. The third-order valence-corrected chi connectivity index (χ3v) is 5.84. The molecule has 1 unspecified atom stereocenters. The number of fused-ring (bicyclic) bond motifs is 1. The standard InChI is InChI=1S/C20H18ClF3N2OS/c21-14-5-8-18(17(12-14)20(22,23)24)27-15-6-3-13(4-7-15)16-2-1-9-26-10-11-28-25-19(16)26/h3-8,12,16H,1-2,9-11H2. The highest BCUT2D eigenvalue weighted by Crippen LogP contribution is 2.40. The van der Waals surface area contributed by atoms with Crippen LogP contribution in [-0.2, 0) is 6.18 Å². The van der Waals surface area contributed by atoms with Gasteiger partial charge in [-0.05, 0) is 60.7 Å². The maximum atomic E-state index is 13.2. The summed E-state index contributed by atoms with van der Waals surface area (Å²) < 4.78 is 49.9. The minimum absolute atomic E-state index is 0.0167. The van der Waals surface area contributed by atoms with E-state index < -0.39 is 11.7 Å². The molecule has 8 heteroatoms. The van der Waals surface area contributed by atoms with E-state index >= 15 is 0 Å². The first-order chi connectivity index (χ1) is 13.4. The Morgan fingerprint density at radius 2 is 1.89 bits per heavy atom. The Balaban J connectivity index is 1.56. The number of amidine groups is 1. The van der Waals surface area contributed by atoms with Gasteiger partial charge in [-0.1, -0.05) is 23.7 Å². The zero-order valence-electron chi connectivity index (χ0n) is 14.9. The molecule has 0 N–H and O–H groups in total. The molecule has 0 saturated carbocycles. The van der Waals surface area contributed by atoms with E-state index in [1.807, 2.05) is 12.1 Å². The summed E-state index contributed by atoms with van der Waals surface area (Å²) in [7, 11) is 0. The van der Waals surface area contributed by atoms with Crippen molar-refractivity contribution < 1.29 is 17.9 Å². The number of benzene rings is 2. The molecule has 0 bridgehead atoms. The van der Waals surface area contributed by atoms with Crippen LogP contribution in [0.15, 0.2) is 46.9 Å². The van der Waals surface area contributed by atoms with E-state index in [9.17, 15) is 13.2 Å². The maximum Gasteiger partial charge on any atom is 0.420 e. The molecule has 0 aromatic heterocycles. The van der Waals surface area contributed by atoms with Crippen LogP contribution < -0.4 is 4.74 Å². The van der Waals surface area contributed by atoms with Gasteiger partial charge in [0, 0.05) is 29.8 Å². The Morgan fingerprint density at radius 1 is 1.11 bits per heavy atom. The van der Waals surface area contributed by atoms with Crippen molar-refractivity contribution in [3.63, 3.8) is 0 Å². The smallest absolute Gasteiger partial charge is 0.420 e. The molecule has 148 valence electrons. The van der Waals surface area contributed by atoms with Gasteiger partial charge in [-0.15, -0.1) is 0 Å². The molecule has 2 aromatic rings. The van der Waals surface area contributed by atoms with Gasteiger partial charge in [0.1, 0.15) is 17.3 Å². The molecule has 2 aromatic carbocycles. The molecular weight excluding hydrogens is 409 g/mol. The van der Waals surface area contributed by atoms with E-state index in [-0.39, 0.29) is 16.7 Å². The summed E-state index contributed by atoms with van der Waals surface area (Å²) in [4.78, 5) is 2.33. The van der Waals surface area contributed by atoms with Crippen LogP contribution in [0.2, 0.25) is 5.02 Å². The van der Waals surface area contributed by atoms with Gasteiger partial charge in [-0.25, -0.2) is 4.40 Å². The number of ether oxygens (including phenoxy) is 1. The van der Waals surface area contributed by atoms with Gasteiger partial charge in [0.2, 0.25) is 0 Å². The second-order valence-electron chi connectivity index (χ2n) is 6.77. The first kappa shape index (κ1) is 19.5. The summed E-state index contributed by atoms with van der Waals surface area (Å²) in [5.74, 6) is 2.42. The largest absolute Gasteiger partial charge is 0.457 e. The van der Waals surface area contributed by atoms with Crippen molar-refractivity contribution in [2.24, 2.45) is 4.40 Å². The lowest BCUT2D eigenvalue weighted by Gasteiger charge is -2.37. The topological polar surface area (TPSA) is 24.8 Å². The molecule has 3 nitrogen and oxygen atoms in total. The zero-order valence-corrected chi connectivity index (χ0v) is 16.4. The summed E-state index contributed by atoms with van der Waals surface area (Å²) in [6, 6.07) is 10.7. The SMILES string of the molecule is FC(F)(F)c1cc(Cl)ccc1Oc1ccc(C2CCCN3CCSN=C23)cc1. The van der Waals surface area contributed by atoms with Gasteiger partial charge in [0.15, 0.2) is 0 Å². The lowest BCUT2D eigenvalue weighted by molar-refractivity contribution is -0.138. The van der Waals surface area contributed by atoms with Crippen LogP contribution in [-0.4, -0.2) is 29.6 Å². The summed E-state index contributed by atoms with van der Waals surface area (Å²) in [5, 5.41) is 0.0167. The molecule has 0 radical (unpaired) electrons. The lowest BCUT2D eigenvalue weighted by atomic mass is 9.89. The van der Waals surface area contributed by atoms with Crippen LogP contribution in [0.1, 0.15) is 29.9 Å². The van der Waals surface area contributed by atoms with E-state index in [1.165, 1.54) is 12.1 Å². The molecule has 4 rings (SSSR count). The minimum Gasteiger partial charge on any atom is -0.457 e. The fourth-order valence-electron chi connectivity index (χ4n) is 3.58. The third-order valence-electron chi connectivity index (χ3n) is 4.92. The highest BCUT2D eigenvalue weighted by atomic mass is 35.5.